The van der Waals surface area contributed by atoms with Crippen LogP contribution in [0.1, 0.15) is 34.6 Å². The van der Waals surface area contributed by atoms with Gasteiger partial charge in [-0.2, -0.15) is 0 Å². The van der Waals surface area contributed by atoms with Gasteiger partial charge in [0.25, 0.3) is 5.91 Å². The van der Waals surface area contributed by atoms with Crippen LogP contribution in [0.15, 0.2) is 24.4 Å². The molecule has 0 fully saturated rings. The number of hydrogen-bond acceptors (Lipinski definition) is 5. The molecule has 0 bridgehead atoms. The Kier molecular flexibility index (Phi) is 3.88. The Hall–Kier alpha value is -1.92. The number of carbonyl (C=O) groups is 1. The maximum absolute atomic E-state index is 12.5. The Bertz CT molecular complexity index is 709. The third kappa shape index (κ3) is 2.98. The van der Waals surface area contributed by atoms with Gasteiger partial charge in [-0.05, 0) is 25.5 Å². The zero-order chi connectivity index (χ0) is 15.7. The number of carbonyl (C=O) groups excluding carboxylic acids is 1. The van der Waals surface area contributed by atoms with Crippen LogP contribution in [0.25, 0.3) is 0 Å². The van der Waals surface area contributed by atoms with Gasteiger partial charge < -0.3 is 9.84 Å². The first kappa shape index (κ1) is 15.0. The summed E-state index contributed by atoms with van der Waals surface area (Å²) in [7, 11) is 0. The molecule has 0 saturated carbocycles. The summed E-state index contributed by atoms with van der Waals surface area (Å²) in [5, 5.41) is 12.3. The largest absolute Gasteiger partial charge is 0.486 e. The number of ether oxygens (including phenoxy) is 1. The second kappa shape index (κ2) is 5.70. The number of aromatic nitrogens is 1. The third-order valence-electron chi connectivity index (χ3n) is 3.47. The van der Waals surface area contributed by atoms with Crippen LogP contribution in [-0.2, 0) is 12.8 Å². The van der Waals surface area contributed by atoms with Gasteiger partial charge in [-0.15, -0.1) is 11.3 Å². The first-order valence-corrected chi connectivity index (χ1v) is 7.98. The van der Waals surface area contributed by atoms with E-state index in [0.717, 1.165) is 16.9 Å². The Morgan fingerprint density at radius 2 is 2.32 bits per heavy atom. The molecule has 2 aromatic rings. The summed E-state index contributed by atoms with van der Waals surface area (Å²) in [5.41, 5.74) is 1.30. The number of benzene rings is 1. The predicted molar refractivity (Wildman–Crippen MR) is 85.7 cm³/mol. The van der Waals surface area contributed by atoms with Crippen LogP contribution in [0.4, 0.5) is 5.13 Å². The van der Waals surface area contributed by atoms with Gasteiger partial charge in [-0.25, -0.2) is 4.98 Å². The van der Waals surface area contributed by atoms with Crippen molar-refractivity contribution in [3.05, 3.63) is 40.4 Å². The molecule has 0 aliphatic carbocycles. The molecule has 5 nitrogen and oxygen atoms in total. The first-order chi connectivity index (χ1) is 10.5. The minimum atomic E-state index is -0.284. The Labute approximate surface area is 133 Å². The SMILES string of the molecule is CC1(C)Cc2cccc(C(=O)Nc3ncc(CCO)s3)c2O1. The van der Waals surface area contributed by atoms with Crippen molar-refractivity contribution in [1.82, 2.24) is 4.98 Å². The van der Waals surface area contributed by atoms with Crippen LogP contribution >= 0.6 is 11.3 Å². The van der Waals surface area contributed by atoms with Gasteiger partial charge in [-0.1, -0.05) is 12.1 Å². The summed E-state index contributed by atoms with van der Waals surface area (Å²) in [5.74, 6) is 0.441. The lowest BCUT2D eigenvalue weighted by atomic mass is 10.0. The average molecular weight is 318 g/mol. The number of nitrogens with zero attached hydrogens (tertiary/aromatic N) is 1. The van der Waals surface area contributed by atoms with Crippen molar-refractivity contribution < 1.29 is 14.6 Å². The third-order valence-corrected chi connectivity index (χ3v) is 4.44. The van der Waals surface area contributed by atoms with Crippen molar-refractivity contribution in [3.8, 4) is 5.75 Å². The lowest BCUT2D eigenvalue weighted by Crippen LogP contribution is -2.25. The molecule has 1 aromatic heterocycles. The van der Waals surface area contributed by atoms with Gasteiger partial charge in [0.15, 0.2) is 5.13 Å². The van der Waals surface area contributed by atoms with Gasteiger partial charge in [0, 0.05) is 30.5 Å². The highest BCUT2D eigenvalue weighted by Gasteiger charge is 2.33. The van der Waals surface area contributed by atoms with E-state index in [0.29, 0.717) is 22.9 Å². The van der Waals surface area contributed by atoms with E-state index in [2.05, 4.69) is 10.3 Å². The fourth-order valence-electron chi connectivity index (χ4n) is 2.55. The number of amides is 1. The number of thiazole rings is 1. The number of rotatable bonds is 4. The zero-order valence-electron chi connectivity index (χ0n) is 12.5. The molecule has 1 aliphatic rings. The Balaban J connectivity index is 1.80. The molecule has 2 N–H and O–H groups in total. The molecule has 1 amide bonds. The second-order valence-corrected chi connectivity index (χ2v) is 7.01. The van der Waals surface area contributed by atoms with E-state index in [1.807, 2.05) is 26.0 Å². The summed E-state index contributed by atoms with van der Waals surface area (Å²) in [4.78, 5) is 17.6. The number of hydrogen-bond donors (Lipinski definition) is 2. The number of nitrogens with one attached hydrogen (secondary N) is 1. The smallest absolute Gasteiger partial charge is 0.261 e. The Morgan fingerprint density at radius 1 is 1.50 bits per heavy atom. The lowest BCUT2D eigenvalue weighted by Gasteiger charge is -2.17. The summed E-state index contributed by atoms with van der Waals surface area (Å²) < 4.78 is 5.92. The molecule has 1 aliphatic heterocycles. The van der Waals surface area contributed by atoms with Crippen molar-refractivity contribution in [1.29, 1.82) is 0 Å². The van der Waals surface area contributed by atoms with Crippen LogP contribution in [0, 0.1) is 0 Å². The van der Waals surface area contributed by atoms with E-state index in [1.165, 1.54) is 11.3 Å². The molecule has 116 valence electrons. The molecule has 0 atom stereocenters. The lowest BCUT2D eigenvalue weighted by molar-refractivity contribution is 0.101. The van der Waals surface area contributed by atoms with Gasteiger partial charge in [0.1, 0.15) is 11.4 Å². The van der Waals surface area contributed by atoms with Crippen molar-refractivity contribution in [2.45, 2.75) is 32.3 Å². The molecular formula is C16H18N2O3S. The van der Waals surface area contributed by atoms with Crippen LogP contribution in [-0.4, -0.2) is 28.2 Å². The van der Waals surface area contributed by atoms with E-state index >= 15 is 0 Å². The van der Waals surface area contributed by atoms with Crippen LogP contribution in [0.3, 0.4) is 0 Å². The fraction of sp³-hybridized carbons (Fsp3) is 0.375. The predicted octanol–water partition coefficient (Wildman–Crippen LogP) is 2.64. The molecular weight excluding hydrogens is 300 g/mol. The zero-order valence-corrected chi connectivity index (χ0v) is 13.4. The summed E-state index contributed by atoms with van der Waals surface area (Å²) >= 11 is 1.37. The van der Waals surface area contributed by atoms with Crippen molar-refractivity contribution >= 4 is 22.4 Å². The highest BCUT2D eigenvalue weighted by Crippen LogP contribution is 2.37. The van der Waals surface area contributed by atoms with Crippen LogP contribution in [0.5, 0.6) is 5.75 Å². The number of fused-ring (bicyclic) bond motifs is 1. The topological polar surface area (TPSA) is 71.5 Å². The number of aliphatic hydroxyl groups excluding tert-OH is 1. The molecule has 22 heavy (non-hydrogen) atoms. The highest BCUT2D eigenvalue weighted by atomic mass is 32.1. The first-order valence-electron chi connectivity index (χ1n) is 7.16. The van der Waals surface area contributed by atoms with Gasteiger partial charge in [0.05, 0.1) is 5.56 Å². The van der Waals surface area contributed by atoms with Crippen molar-refractivity contribution in [3.63, 3.8) is 0 Å². The maximum atomic E-state index is 12.5. The minimum absolute atomic E-state index is 0.0741. The standard InChI is InChI=1S/C16H18N2O3S/c1-16(2)8-10-4-3-5-12(13(10)21-16)14(20)18-15-17-9-11(22-15)6-7-19/h3-5,9,19H,6-8H2,1-2H3,(H,17,18,20). The van der Waals surface area contributed by atoms with Gasteiger partial charge >= 0.3 is 0 Å². The molecule has 2 heterocycles. The molecule has 0 saturated heterocycles. The monoisotopic (exact) mass is 318 g/mol. The van der Waals surface area contributed by atoms with E-state index < -0.39 is 0 Å². The normalized spacial score (nSPS) is 15.2. The molecule has 0 spiro atoms. The summed E-state index contributed by atoms with van der Waals surface area (Å²) in [6.07, 6.45) is 3.01. The van der Waals surface area contributed by atoms with E-state index in [9.17, 15) is 4.79 Å². The average Bonchev–Trinajstić information content (AvgIpc) is 3.00. The van der Waals surface area contributed by atoms with Gasteiger partial charge in [-0.3, -0.25) is 10.1 Å². The number of anilines is 1. The highest BCUT2D eigenvalue weighted by molar-refractivity contribution is 7.15. The fourth-order valence-corrected chi connectivity index (χ4v) is 3.35. The molecule has 0 unspecified atom stereocenters. The van der Waals surface area contributed by atoms with Gasteiger partial charge in [0.2, 0.25) is 0 Å². The quantitative estimate of drug-likeness (QED) is 0.909. The molecule has 1 aromatic carbocycles. The molecule has 0 radical (unpaired) electrons. The van der Waals surface area contributed by atoms with E-state index in [1.54, 1.807) is 12.3 Å². The van der Waals surface area contributed by atoms with Crippen molar-refractivity contribution in [2.24, 2.45) is 0 Å². The van der Waals surface area contributed by atoms with E-state index in [-0.39, 0.29) is 18.1 Å². The Morgan fingerprint density at radius 3 is 3.09 bits per heavy atom. The number of para-hydroxylation sites is 1. The molecule has 3 rings (SSSR count). The van der Waals surface area contributed by atoms with Crippen LogP contribution < -0.4 is 10.1 Å². The summed E-state index contributed by atoms with van der Waals surface area (Å²) in [6, 6.07) is 5.62. The van der Waals surface area contributed by atoms with Crippen LogP contribution in [0.2, 0.25) is 0 Å². The number of aliphatic hydroxyl groups is 1. The minimum Gasteiger partial charge on any atom is -0.486 e. The maximum Gasteiger partial charge on any atom is 0.261 e. The summed E-state index contributed by atoms with van der Waals surface area (Å²) in [6.45, 7) is 4.10. The second-order valence-electron chi connectivity index (χ2n) is 5.89. The molecule has 6 heteroatoms. The van der Waals surface area contributed by atoms with E-state index in [4.69, 9.17) is 9.84 Å². The van der Waals surface area contributed by atoms with Crippen molar-refractivity contribution in [2.75, 3.05) is 11.9 Å².